The topological polar surface area (TPSA) is 200 Å². The summed E-state index contributed by atoms with van der Waals surface area (Å²) in [6, 6.07) is 2.85. The summed E-state index contributed by atoms with van der Waals surface area (Å²) in [6.45, 7) is -0.401. The number of phenols is 1. The van der Waals surface area contributed by atoms with Gasteiger partial charge in [0.1, 0.15) is 17.8 Å². The standard InChI is InChI=1S/C22H30N6O6S/c1-35-7-6-16(23)20(31)25-11-19(30)27-17(8-13-2-4-15(29)5-3-13)21(32)28-18(22(33)34)9-14-10-24-12-26-14/h2-5,10,12,16-18,29H,6-9,11,23H2,1H3,(H,24,26)(H,25,31)(H,27,30)(H,28,32)(H,33,34). The maximum absolute atomic E-state index is 13.0. The first kappa shape index (κ1) is 27.7. The summed E-state index contributed by atoms with van der Waals surface area (Å²) < 4.78 is 0. The van der Waals surface area contributed by atoms with Crippen LogP contribution in [0.2, 0.25) is 0 Å². The van der Waals surface area contributed by atoms with Crippen LogP contribution >= 0.6 is 11.8 Å². The highest BCUT2D eigenvalue weighted by molar-refractivity contribution is 7.98. The molecule has 3 amide bonds. The van der Waals surface area contributed by atoms with E-state index < -0.39 is 48.4 Å². The molecule has 0 radical (unpaired) electrons. The number of carboxylic acid groups (broad SMARTS) is 1. The zero-order chi connectivity index (χ0) is 25.8. The van der Waals surface area contributed by atoms with Gasteiger partial charge >= 0.3 is 5.97 Å². The van der Waals surface area contributed by atoms with Crippen molar-refractivity contribution in [2.24, 2.45) is 5.73 Å². The molecule has 1 aromatic heterocycles. The maximum Gasteiger partial charge on any atom is 0.326 e. The third-order valence-electron chi connectivity index (χ3n) is 5.01. The monoisotopic (exact) mass is 506 g/mol. The number of aromatic nitrogens is 2. The first-order valence-electron chi connectivity index (χ1n) is 10.8. The number of hydrogen-bond acceptors (Lipinski definition) is 8. The summed E-state index contributed by atoms with van der Waals surface area (Å²) in [4.78, 5) is 55.9. The van der Waals surface area contributed by atoms with Crippen LogP contribution in [0.4, 0.5) is 0 Å². The number of thioether (sulfide) groups is 1. The number of benzene rings is 1. The van der Waals surface area contributed by atoms with Crippen molar-refractivity contribution in [1.82, 2.24) is 25.9 Å². The molecule has 12 nitrogen and oxygen atoms in total. The number of imidazole rings is 1. The Bertz CT molecular complexity index is 985. The Labute approximate surface area is 206 Å². The quantitative estimate of drug-likeness (QED) is 0.170. The van der Waals surface area contributed by atoms with E-state index in [-0.39, 0.29) is 18.6 Å². The minimum atomic E-state index is -1.27. The van der Waals surface area contributed by atoms with Crippen LogP contribution in [-0.2, 0) is 32.0 Å². The van der Waals surface area contributed by atoms with Gasteiger partial charge in [-0.25, -0.2) is 9.78 Å². The molecule has 0 aliphatic heterocycles. The predicted molar refractivity (Wildman–Crippen MR) is 130 cm³/mol. The molecule has 35 heavy (non-hydrogen) atoms. The normalized spacial score (nSPS) is 13.3. The first-order valence-corrected chi connectivity index (χ1v) is 12.2. The highest BCUT2D eigenvalue weighted by Crippen LogP contribution is 2.12. The van der Waals surface area contributed by atoms with Crippen LogP contribution < -0.4 is 21.7 Å². The lowest BCUT2D eigenvalue weighted by Crippen LogP contribution is -2.55. The highest BCUT2D eigenvalue weighted by atomic mass is 32.2. The largest absolute Gasteiger partial charge is 0.508 e. The zero-order valence-corrected chi connectivity index (χ0v) is 20.0. The molecule has 0 spiro atoms. The van der Waals surface area contributed by atoms with E-state index in [9.17, 15) is 29.4 Å². The van der Waals surface area contributed by atoms with Gasteiger partial charge in [0.05, 0.1) is 18.9 Å². The van der Waals surface area contributed by atoms with Crippen LogP contribution in [-0.4, -0.2) is 80.6 Å². The van der Waals surface area contributed by atoms with E-state index in [2.05, 4.69) is 25.9 Å². The van der Waals surface area contributed by atoms with Crippen LogP contribution in [0.25, 0.3) is 0 Å². The van der Waals surface area contributed by atoms with E-state index in [1.807, 2.05) is 6.26 Å². The SMILES string of the molecule is CSCCC(N)C(=O)NCC(=O)NC(Cc1ccc(O)cc1)C(=O)NC(Cc1cnc[nH]1)C(=O)O. The Morgan fingerprint density at radius 1 is 1.09 bits per heavy atom. The van der Waals surface area contributed by atoms with Crippen molar-refractivity contribution in [3.05, 3.63) is 48.0 Å². The average molecular weight is 507 g/mol. The van der Waals surface area contributed by atoms with Gasteiger partial charge in [0, 0.05) is 24.7 Å². The molecule has 0 saturated carbocycles. The van der Waals surface area contributed by atoms with Crippen molar-refractivity contribution in [1.29, 1.82) is 0 Å². The molecule has 0 aliphatic carbocycles. The van der Waals surface area contributed by atoms with Crippen LogP contribution in [0.5, 0.6) is 5.75 Å². The molecule has 0 saturated heterocycles. The van der Waals surface area contributed by atoms with Crippen molar-refractivity contribution in [2.75, 3.05) is 18.6 Å². The number of rotatable bonds is 14. The fourth-order valence-electron chi connectivity index (χ4n) is 3.09. The molecule has 190 valence electrons. The van der Waals surface area contributed by atoms with E-state index in [4.69, 9.17) is 5.73 Å². The Balaban J connectivity index is 2.06. The van der Waals surface area contributed by atoms with Crippen molar-refractivity contribution >= 4 is 35.5 Å². The second kappa shape index (κ2) is 14.0. The first-order chi connectivity index (χ1) is 16.7. The highest BCUT2D eigenvalue weighted by Gasteiger charge is 2.27. The van der Waals surface area contributed by atoms with Crippen molar-refractivity contribution in [3.8, 4) is 5.75 Å². The smallest absolute Gasteiger partial charge is 0.326 e. The fraction of sp³-hybridized carbons (Fsp3) is 0.409. The van der Waals surface area contributed by atoms with Gasteiger partial charge in [-0.3, -0.25) is 14.4 Å². The summed E-state index contributed by atoms with van der Waals surface area (Å²) in [5.41, 5.74) is 6.92. The van der Waals surface area contributed by atoms with Gasteiger partial charge < -0.3 is 36.9 Å². The number of phenolic OH excluding ortho intramolecular Hbond substituents is 1. The Morgan fingerprint density at radius 3 is 2.40 bits per heavy atom. The molecule has 0 bridgehead atoms. The van der Waals surface area contributed by atoms with E-state index in [0.717, 1.165) is 0 Å². The number of aliphatic carboxylic acids is 1. The third-order valence-corrected chi connectivity index (χ3v) is 5.66. The molecular formula is C22H30N6O6S. The van der Waals surface area contributed by atoms with Gasteiger partial charge in [-0.15, -0.1) is 0 Å². The number of aromatic hydroxyl groups is 1. The molecule has 0 aliphatic rings. The van der Waals surface area contributed by atoms with Gasteiger partial charge in [0.2, 0.25) is 17.7 Å². The van der Waals surface area contributed by atoms with Gasteiger partial charge in [-0.05, 0) is 36.1 Å². The summed E-state index contributed by atoms with van der Waals surface area (Å²) >= 11 is 1.55. The number of aromatic amines is 1. The lowest BCUT2D eigenvalue weighted by atomic mass is 10.0. The molecule has 2 aromatic rings. The number of carbonyl (C=O) groups is 4. The molecule has 3 unspecified atom stereocenters. The Kier molecular flexibility index (Phi) is 11.0. The Morgan fingerprint density at radius 2 is 1.80 bits per heavy atom. The summed E-state index contributed by atoms with van der Waals surface area (Å²) in [5.74, 6) is -2.38. The number of H-pyrrole nitrogens is 1. The number of nitrogens with zero attached hydrogens (tertiary/aromatic N) is 1. The summed E-state index contributed by atoms with van der Waals surface area (Å²) in [5, 5.41) is 26.4. The van der Waals surface area contributed by atoms with Crippen molar-refractivity contribution < 1.29 is 29.4 Å². The van der Waals surface area contributed by atoms with Gasteiger partial charge in [0.15, 0.2) is 0 Å². The number of carbonyl (C=O) groups excluding carboxylic acids is 3. The number of carboxylic acids is 1. The summed E-state index contributed by atoms with van der Waals surface area (Å²) in [6.07, 6.45) is 5.17. The lowest BCUT2D eigenvalue weighted by Gasteiger charge is -2.22. The Hall–Kier alpha value is -3.58. The van der Waals surface area contributed by atoms with Crippen molar-refractivity contribution in [2.45, 2.75) is 37.4 Å². The van der Waals surface area contributed by atoms with Crippen LogP contribution in [0.3, 0.4) is 0 Å². The van der Waals surface area contributed by atoms with Crippen LogP contribution in [0, 0.1) is 0 Å². The molecule has 0 fully saturated rings. The molecule has 3 atom stereocenters. The number of nitrogens with two attached hydrogens (primary N) is 1. The van der Waals surface area contributed by atoms with E-state index >= 15 is 0 Å². The van der Waals surface area contributed by atoms with E-state index in [1.54, 1.807) is 23.9 Å². The van der Waals surface area contributed by atoms with Gasteiger partial charge in [0.25, 0.3) is 0 Å². The zero-order valence-electron chi connectivity index (χ0n) is 19.2. The molecule has 8 N–H and O–H groups in total. The fourth-order valence-corrected chi connectivity index (χ4v) is 3.58. The van der Waals surface area contributed by atoms with E-state index in [1.165, 1.54) is 24.7 Å². The van der Waals surface area contributed by atoms with Crippen molar-refractivity contribution in [3.63, 3.8) is 0 Å². The second-order valence-corrected chi connectivity index (χ2v) is 8.76. The predicted octanol–water partition coefficient (Wildman–Crippen LogP) is -0.849. The molecule has 13 heteroatoms. The average Bonchev–Trinajstić information content (AvgIpc) is 3.34. The van der Waals surface area contributed by atoms with E-state index in [0.29, 0.717) is 23.4 Å². The number of amides is 3. The van der Waals surface area contributed by atoms with Gasteiger partial charge in [-0.2, -0.15) is 11.8 Å². The number of hydrogen-bond donors (Lipinski definition) is 7. The minimum absolute atomic E-state index is 0.0232. The molecule has 1 aromatic carbocycles. The third kappa shape index (κ3) is 9.66. The second-order valence-electron chi connectivity index (χ2n) is 7.78. The van der Waals surface area contributed by atoms with Crippen LogP contribution in [0.15, 0.2) is 36.8 Å². The van der Waals surface area contributed by atoms with Gasteiger partial charge in [-0.1, -0.05) is 12.1 Å². The number of nitrogens with one attached hydrogen (secondary N) is 4. The molecular weight excluding hydrogens is 476 g/mol. The van der Waals surface area contributed by atoms with Crippen LogP contribution in [0.1, 0.15) is 17.7 Å². The molecule has 1 heterocycles. The lowest BCUT2D eigenvalue weighted by molar-refractivity contribution is -0.142. The minimum Gasteiger partial charge on any atom is -0.508 e. The molecule has 2 rings (SSSR count). The maximum atomic E-state index is 13.0. The summed E-state index contributed by atoms with van der Waals surface area (Å²) in [7, 11) is 0.